The van der Waals surface area contributed by atoms with E-state index in [1.165, 1.54) is 11.6 Å². The number of methoxy groups -OCH3 is 1. The third kappa shape index (κ3) is 2.81. The third-order valence-electron chi connectivity index (χ3n) is 3.54. The summed E-state index contributed by atoms with van der Waals surface area (Å²) in [6.45, 7) is 3.66. The molecule has 8 nitrogen and oxygen atoms in total. The first-order chi connectivity index (χ1) is 11.5. The number of hydrogen-bond acceptors (Lipinski definition) is 6. The lowest BCUT2D eigenvalue weighted by atomic mass is 10.1. The molecule has 122 valence electrons. The largest absolute Gasteiger partial charge is 0.465 e. The molecule has 0 atom stereocenters. The Bertz CT molecular complexity index is 948. The van der Waals surface area contributed by atoms with E-state index in [-0.39, 0.29) is 5.82 Å². The molecule has 3 aromatic rings. The number of rotatable bonds is 3. The Balaban J connectivity index is 1.91. The number of hydrogen-bond donors (Lipinski definition) is 1. The van der Waals surface area contributed by atoms with Gasteiger partial charge in [-0.3, -0.25) is 4.79 Å². The van der Waals surface area contributed by atoms with E-state index in [0.29, 0.717) is 17.0 Å². The lowest BCUT2D eigenvalue weighted by Gasteiger charge is -2.08. The molecule has 3 rings (SSSR count). The molecule has 8 heteroatoms. The Morgan fingerprint density at radius 1 is 1.21 bits per heavy atom. The van der Waals surface area contributed by atoms with Crippen molar-refractivity contribution in [2.24, 2.45) is 0 Å². The quantitative estimate of drug-likeness (QED) is 0.737. The van der Waals surface area contributed by atoms with Crippen LogP contribution in [0.2, 0.25) is 0 Å². The number of ether oxygens (including phenoxy) is 1. The van der Waals surface area contributed by atoms with Crippen molar-refractivity contribution in [1.82, 2.24) is 19.6 Å². The molecule has 0 spiro atoms. The predicted octanol–water partition coefficient (Wildman–Crippen LogP) is 1.78. The van der Waals surface area contributed by atoms with Crippen molar-refractivity contribution in [2.75, 3.05) is 12.4 Å². The molecule has 0 unspecified atom stereocenters. The van der Waals surface area contributed by atoms with E-state index in [1.807, 2.05) is 13.8 Å². The monoisotopic (exact) mass is 325 g/mol. The van der Waals surface area contributed by atoms with Gasteiger partial charge in [-0.15, -0.1) is 5.10 Å². The van der Waals surface area contributed by atoms with Crippen molar-refractivity contribution >= 4 is 23.3 Å². The van der Waals surface area contributed by atoms with Crippen molar-refractivity contribution in [3.8, 4) is 0 Å². The van der Waals surface area contributed by atoms with Gasteiger partial charge in [0.2, 0.25) is 5.82 Å². The van der Waals surface area contributed by atoms with Crippen LogP contribution >= 0.6 is 0 Å². The van der Waals surface area contributed by atoms with Crippen LogP contribution in [0.3, 0.4) is 0 Å². The standard InChI is InChI=1S/C16H15N5O3/c1-9-4-5-11(15(23)24-3)8-12(9)18-14(22)13-19-16-17-7-6-10(2)21(16)20-13/h4-8H,1-3H3,(H,18,22). The van der Waals surface area contributed by atoms with E-state index >= 15 is 0 Å². The van der Waals surface area contributed by atoms with Gasteiger partial charge >= 0.3 is 5.97 Å². The number of aromatic nitrogens is 4. The topological polar surface area (TPSA) is 98.5 Å². The van der Waals surface area contributed by atoms with E-state index < -0.39 is 11.9 Å². The Labute approximate surface area is 137 Å². The van der Waals surface area contributed by atoms with E-state index in [0.717, 1.165) is 11.3 Å². The molecule has 0 aliphatic rings. The van der Waals surface area contributed by atoms with Gasteiger partial charge in [0.05, 0.1) is 12.7 Å². The molecule has 0 aliphatic carbocycles. The zero-order chi connectivity index (χ0) is 17.3. The SMILES string of the molecule is COC(=O)c1ccc(C)c(NC(=O)c2nc3nccc(C)n3n2)c1. The normalized spacial score (nSPS) is 10.6. The summed E-state index contributed by atoms with van der Waals surface area (Å²) in [6, 6.07) is 6.68. The zero-order valence-corrected chi connectivity index (χ0v) is 13.4. The number of amides is 1. The average molecular weight is 325 g/mol. The first kappa shape index (κ1) is 15.6. The van der Waals surface area contributed by atoms with Crippen LogP contribution in [0.5, 0.6) is 0 Å². The van der Waals surface area contributed by atoms with E-state index in [1.54, 1.807) is 30.5 Å². The van der Waals surface area contributed by atoms with Gasteiger partial charge in [0, 0.05) is 17.6 Å². The number of nitrogens with zero attached hydrogens (tertiary/aromatic N) is 4. The maximum Gasteiger partial charge on any atom is 0.337 e. The summed E-state index contributed by atoms with van der Waals surface area (Å²) in [6.07, 6.45) is 1.60. The van der Waals surface area contributed by atoms with Crippen LogP contribution in [-0.2, 0) is 4.74 Å². The molecule has 0 aliphatic heterocycles. The van der Waals surface area contributed by atoms with Crippen molar-refractivity contribution in [1.29, 1.82) is 0 Å². The number of fused-ring (bicyclic) bond motifs is 1. The summed E-state index contributed by atoms with van der Waals surface area (Å²) >= 11 is 0. The summed E-state index contributed by atoms with van der Waals surface area (Å²) in [5, 5.41) is 6.86. The second-order valence-corrected chi connectivity index (χ2v) is 5.21. The number of carbonyl (C=O) groups is 2. The first-order valence-corrected chi connectivity index (χ1v) is 7.18. The highest BCUT2D eigenvalue weighted by molar-refractivity contribution is 6.03. The van der Waals surface area contributed by atoms with Crippen molar-refractivity contribution in [2.45, 2.75) is 13.8 Å². The van der Waals surface area contributed by atoms with E-state index in [4.69, 9.17) is 0 Å². The molecule has 1 amide bonds. The molecule has 1 aromatic carbocycles. The van der Waals surface area contributed by atoms with Gasteiger partial charge < -0.3 is 10.1 Å². The Hall–Kier alpha value is -3.29. The maximum atomic E-state index is 12.4. The van der Waals surface area contributed by atoms with Crippen LogP contribution in [0.1, 0.15) is 32.2 Å². The van der Waals surface area contributed by atoms with E-state index in [9.17, 15) is 9.59 Å². The number of nitrogens with one attached hydrogen (secondary N) is 1. The van der Waals surface area contributed by atoms with Crippen LogP contribution in [0.4, 0.5) is 5.69 Å². The minimum Gasteiger partial charge on any atom is -0.465 e. The fourth-order valence-electron chi connectivity index (χ4n) is 2.18. The summed E-state index contributed by atoms with van der Waals surface area (Å²) < 4.78 is 6.18. The van der Waals surface area contributed by atoms with Gasteiger partial charge in [-0.1, -0.05) is 6.07 Å². The fraction of sp³-hybridized carbons (Fsp3) is 0.188. The lowest BCUT2D eigenvalue weighted by Crippen LogP contribution is -2.15. The lowest BCUT2D eigenvalue weighted by molar-refractivity contribution is 0.0600. The van der Waals surface area contributed by atoms with Crippen LogP contribution in [0.25, 0.3) is 5.78 Å². The molecule has 24 heavy (non-hydrogen) atoms. The second kappa shape index (κ2) is 6.07. The number of benzene rings is 1. The predicted molar refractivity (Wildman–Crippen MR) is 86.0 cm³/mol. The number of esters is 1. The van der Waals surface area contributed by atoms with Crippen LogP contribution in [0.15, 0.2) is 30.5 Å². The second-order valence-electron chi connectivity index (χ2n) is 5.21. The minimum atomic E-state index is -0.481. The van der Waals surface area contributed by atoms with Crippen LogP contribution < -0.4 is 5.32 Å². The molecule has 2 aromatic heterocycles. The molecule has 1 N–H and O–H groups in total. The Morgan fingerprint density at radius 3 is 2.71 bits per heavy atom. The molecule has 0 saturated heterocycles. The van der Waals surface area contributed by atoms with Crippen molar-refractivity contribution < 1.29 is 14.3 Å². The third-order valence-corrected chi connectivity index (χ3v) is 3.54. The molecule has 0 bridgehead atoms. The van der Waals surface area contributed by atoms with Gasteiger partial charge in [-0.05, 0) is 37.6 Å². The number of carbonyl (C=O) groups excluding carboxylic acids is 2. The molecule has 0 saturated carbocycles. The maximum absolute atomic E-state index is 12.4. The molecule has 0 fully saturated rings. The van der Waals surface area contributed by atoms with Crippen molar-refractivity contribution in [3.05, 3.63) is 53.1 Å². The first-order valence-electron chi connectivity index (χ1n) is 7.18. The van der Waals surface area contributed by atoms with Crippen LogP contribution in [0, 0.1) is 13.8 Å². The summed E-state index contributed by atoms with van der Waals surface area (Å²) in [5.41, 5.74) is 2.45. The summed E-state index contributed by atoms with van der Waals surface area (Å²) in [7, 11) is 1.30. The van der Waals surface area contributed by atoms with E-state index in [2.05, 4.69) is 25.1 Å². The minimum absolute atomic E-state index is 0.000305. The van der Waals surface area contributed by atoms with Gasteiger partial charge in [-0.25, -0.2) is 14.3 Å². The van der Waals surface area contributed by atoms with Gasteiger partial charge in [-0.2, -0.15) is 4.98 Å². The smallest absolute Gasteiger partial charge is 0.337 e. The molecular weight excluding hydrogens is 310 g/mol. The fourth-order valence-corrected chi connectivity index (χ4v) is 2.18. The van der Waals surface area contributed by atoms with Crippen LogP contribution in [-0.4, -0.2) is 38.6 Å². The number of aryl methyl sites for hydroxylation is 2. The average Bonchev–Trinajstić information content (AvgIpc) is 3.02. The number of anilines is 1. The summed E-state index contributed by atoms with van der Waals surface area (Å²) in [4.78, 5) is 32.2. The summed E-state index contributed by atoms with van der Waals surface area (Å²) in [5.74, 6) is -0.610. The van der Waals surface area contributed by atoms with Crippen molar-refractivity contribution in [3.63, 3.8) is 0 Å². The van der Waals surface area contributed by atoms with Gasteiger partial charge in [0.1, 0.15) is 0 Å². The van der Waals surface area contributed by atoms with Gasteiger partial charge in [0.25, 0.3) is 11.7 Å². The highest BCUT2D eigenvalue weighted by Crippen LogP contribution is 2.18. The molecule has 2 heterocycles. The highest BCUT2D eigenvalue weighted by Gasteiger charge is 2.16. The molecule has 0 radical (unpaired) electrons. The Kier molecular flexibility index (Phi) is 3.95. The molecular formula is C16H15N5O3. The highest BCUT2D eigenvalue weighted by atomic mass is 16.5. The van der Waals surface area contributed by atoms with Gasteiger partial charge in [0.15, 0.2) is 0 Å². The zero-order valence-electron chi connectivity index (χ0n) is 13.4. The Morgan fingerprint density at radius 2 is 2.00 bits per heavy atom.